The van der Waals surface area contributed by atoms with Gasteiger partial charge in [-0.2, -0.15) is 0 Å². The summed E-state index contributed by atoms with van der Waals surface area (Å²) in [6.07, 6.45) is 0.736. The van der Waals surface area contributed by atoms with Crippen LogP contribution in [-0.2, 0) is 4.74 Å². The molecule has 0 aromatic carbocycles. The molecule has 0 atom stereocenters. The molecule has 0 unspecified atom stereocenters. The zero-order valence-corrected chi connectivity index (χ0v) is 7.62. The first kappa shape index (κ1) is 11.9. The quantitative estimate of drug-likeness (QED) is 0.516. The lowest BCUT2D eigenvalue weighted by atomic mass is 10.1. The second-order valence-corrected chi connectivity index (χ2v) is 2.89. The zero-order valence-electron chi connectivity index (χ0n) is 7.62. The fourth-order valence-electron chi connectivity index (χ4n) is 0.546. The fraction of sp³-hybridized carbons (Fsp3) is 0.625. The summed E-state index contributed by atoms with van der Waals surface area (Å²) in [6, 6.07) is 0. The Labute approximate surface area is 77.0 Å². The number of rotatable bonds is 5. The molecule has 1 amide bonds. The molecule has 0 saturated heterocycles. The maximum Gasteiger partial charge on any atom is 0.408 e. The van der Waals surface area contributed by atoms with Gasteiger partial charge in [0.2, 0.25) is 0 Å². The molecule has 0 fully saturated rings. The van der Waals surface area contributed by atoms with Crippen LogP contribution in [0.5, 0.6) is 0 Å². The Morgan fingerprint density at radius 3 is 2.54 bits per heavy atom. The second kappa shape index (κ2) is 5.55. The summed E-state index contributed by atoms with van der Waals surface area (Å²) < 4.78 is 4.60. The number of hydrogen-bond donors (Lipinski definition) is 3. The Balaban J connectivity index is 3.93. The minimum Gasteiger partial charge on any atom is -0.445 e. The highest BCUT2D eigenvalue weighted by molar-refractivity contribution is 5.68. The molecule has 0 aliphatic rings. The van der Waals surface area contributed by atoms with Crippen molar-refractivity contribution in [3.8, 4) is 0 Å². The predicted octanol–water partition coefficient (Wildman–Crippen LogP) is -0.358. The van der Waals surface area contributed by atoms with Crippen LogP contribution in [0.3, 0.4) is 0 Å². The standard InChI is InChI=1S/C8H15NO4/c1-3-4-13-7(12)9-8(2,5-10)6-11/h3,10-11H,1,4-6H2,2H3,(H,9,12). The van der Waals surface area contributed by atoms with Crippen molar-refractivity contribution in [2.24, 2.45) is 0 Å². The van der Waals surface area contributed by atoms with Gasteiger partial charge in [-0.1, -0.05) is 12.7 Å². The van der Waals surface area contributed by atoms with Crippen LogP contribution in [0.4, 0.5) is 4.79 Å². The summed E-state index contributed by atoms with van der Waals surface area (Å²) in [5, 5.41) is 19.9. The van der Waals surface area contributed by atoms with Crippen LogP contribution in [0.25, 0.3) is 0 Å². The largest absolute Gasteiger partial charge is 0.445 e. The van der Waals surface area contributed by atoms with E-state index in [0.29, 0.717) is 0 Å². The van der Waals surface area contributed by atoms with Gasteiger partial charge in [-0.15, -0.1) is 0 Å². The molecule has 0 aromatic heterocycles. The summed E-state index contributed by atoms with van der Waals surface area (Å²) >= 11 is 0. The highest BCUT2D eigenvalue weighted by Gasteiger charge is 2.24. The predicted molar refractivity (Wildman–Crippen MR) is 47.3 cm³/mol. The van der Waals surface area contributed by atoms with E-state index in [0.717, 1.165) is 0 Å². The third kappa shape index (κ3) is 4.49. The number of carbonyl (C=O) groups is 1. The number of hydrogen-bond acceptors (Lipinski definition) is 4. The lowest BCUT2D eigenvalue weighted by Gasteiger charge is -2.25. The molecule has 0 radical (unpaired) electrons. The monoisotopic (exact) mass is 189 g/mol. The first-order valence-electron chi connectivity index (χ1n) is 3.85. The number of alkyl carbamates (subject to hydrolysis) is 1. The van der Waals surface area contributed by atoms with E-state index in [1.165, 1.54) is 13.0 Å². The maximum atomic E-state index is 10.9. The summed E-state index contributed by atoms with van der Waals surface area (Å²) in [6.45, 7) is 4.25. The van der Waals surface area contributed by atoms with Gasteiger partial charge in [-0.25, -0.2) is 4.79 Å². The summed E-state index contributed by atoms with van der Waals surface area (Å²) in [5.74, 6) is 0. The molecular formula is C8H15NO4. The van der Waals surface area contributed by atoms with Gasteiger partial charge >= 0.3 is 6.09 Å². The average Bonchev–Trinajstić information content (AvgIpc) is 2.14. The lowest BCUT2D eigenvalue weighted by molar-refractivity contribution is 0.0880. The molecule has 0 aromatic rings. The van der Waals surface area contributed by atoms with Crippen molar-refractivity contribution in [3.63, 3.8) is 0 Å². The molecule has 0 saturated carbocycles. The molecule has 0 rings (SSSR count). The van der Waals surface area contributed by atoms with E-state index in [1.807, 2.05) is 0 Å². The number of nitrogens with one attached hydrogen (secondary N) is 1. The van der Waals surface area contributed by atoms with E-state index in [2.05, 4.69) is 16.6 Å². The van der Waals surface area contributed by atoms with Crippen molar-refractivity contribution in [2.75, 3.05) is 19.8 Å². The van der Waals surface area contributed by atoms with Crippen molar-refractivity contribution in [1.82, 2.24) is 5.32 Å². The fourth-order valence-corrected chi connectivity index (χ4v) is 0.546. The van der Waals surface area contributed by atoms with Crippen LogP contribution in [-0.4, -0.2) is 41.7 Å². The minimum absolute atomic E-state index is 0.0960. The second-order valence-electron chi connectivity index (χ2n) is 2.89. The normalized spacial score (nSPS) is 10.7. The SMILES string of the molecule is C=CCOC(=O)NC(C)(CO)CO. The number of amides is 1. The van der Waals surface area contributed by atoms with E-state index >= 15 is 0 Å². The van der Waals surface area contributed by atoms with E-state index in [1.54, 1.807) is 0 Å². The Hall–Kier alpha value is -1.07. The third-order valence-corrected chi connectivity index (χ3v) is 1.43. The molecule has 3 N–H and O–H groups in total. The summed E-state index contributed by atoms with van der Waals surface area (Å²) in [4.78, 5) is 10.9. The Morgan fingerprint density at radius 2 is 2.15 bits per heavy atom. The van der Waals surface area contributed by atoms with Gasteiger partial charge in [0, 0.05) is 0 Å². The van der Waals surface area contributed by atoms with Crippen molar-refractivity contribution >= 4 is 6.09 Å². The number of aliphatic hydroxyl groups is 2. The van der Waals surface area contributed by atoms with Gasteiger partial charge in [0.05, 0.1) is 18.8 Å². The topological polar surface area (TPSA) is 78.8 Å². The average molecular weight is 189 g/mol. The van der Waals surface area contributed by atoms with E-state index in [9.17, 15) is 4.79 Å². The molecule has 5 nitrogen and oxygen atoms in total. The maximum absolute atomic E-state index is 10.9. The lowest BCUT2D eigenvalue weighted by Crippen LogP contribution is -2.51. The first-order chi connectivity index (χ1) is 6.08. The number of aliphatic hydroxyl groups excluding tert-OH is 2. The molecule has 76 valence electrons. The highest BCUT2D eigenvalue weighted by Crippen LogP contribution is 2.00. The molecule has 0 aliphatic heterocycles. The molecule has 0 spiro atoms. The van der Waals surface area contributed by atoms with Crippen molar-refractivity contribution in [3.05, 3.63) is 12.7 Å². The summed E-state index contributed by atoms with van der Waals surface area (Å²) in [7, 11) is 0. The van der Waals surface area contributed by atoms with Crippen molar-refractivity contribution < 1.29 is 19.7 Å². The molecule has 0 bridgehead atoms. The highest BCUT2D eigenvalue weighted by atomic mass is 16.5. The van der Waals surface area contributed by atoms with Gasteiger partial charge in [0.1, 0.15) is 6.61 Å². The Morgan fingerprint density at radius 1 is 1.62 bits per heavy atom. The minimum atomic E-state index is -1.04. The van der Waals surface area contributed by atoms with Crippen molar-refractivity contribution in [1.29, 1.82) is 0 Å². The van der Waals surface area contributed by atoms with E-state index in [-0.39, 0.29) is 19.8 Å². The first-order valence-corrected chi connectivity index (χ1v) is 3.85. The van der Waals surface area contributed by atoms with Gasteiger partial charge in [-0.05, 0) is 6.92 Å². The van der Waals surface area contributed by atoms with Gasteiger partial charge < -0.3 is 20.3 Å². The van der Waals surface area contributed by atoms with Crippen LogP contribution >= 0.6 is 0 Å². The third-order valence-electron chi connectivity index (χ3n) is 1.43. The van der Waals surface area contributed by atoms with Gasteiger partial charge in [0.15, 0.2) is 0 Å². The van der Waals surface area contributed by atoms with Crippen LogP contribution in [0.2, 0.25) is 0 Å². The van der Waals surface area contributed by atoms with Crippen LogP contribution < -0.4 is 5.32 Å². The molecular weight excluding hydrogens is 174 g/mol. The number of ether oxygens (including phenoxy) is 1. The van der Waals surface area contributed by atoms with E-state index < -0.39 is 11.6 Å². The van der Waals surface area contributed by atoms with E-state index in [4.69, 9.17) is 10.2 Å². The molecule has 0 heterocycles. The van der Waals surface area contributed by atoms with Crippen LogP contribution in [0.15, 0.2) is 12.7 Å². The number of carbonyl (C=O) groups excluding carboxylic acids is 1. The van der Waals surface area contributed by atoms with Crippen molar-refractivity contribution in [2.45, 2.75) is 12.5 Å². The Kier molecular flexibility index (Phi) is 5.10. The zero-order chi connectivity index (χ0) is 10.3. The molecule has 0 aliphatic carbocycles. The van der Waals surface area contributed by atoms with Gasteiger partial charge in [-0.3, -0.25) is 0 Å². The summed E-state index contributed by atoms with van der Waals surface area (Å²) in [5.41, 5.74) is -1.04. The van der Waals surface area contributed by atoms with Gasteiger partial charge in [0.25, 0.3) is 0 Å². The molecule has 5 heteroatoms. The smallest absolute Gasteiger partial charge is 0.408 e. The van der Waals surface area contributed by atoms with Crippen LogP contribution in [0, 0.1) is 0 Å². The van der Waals surface area contributed by atoms with Crippen LogP contribution in [0.1, 0.15) is 6.92 Å². The molecule has 13 heavy (non-hydrogen) atoms. The Bertz CT molecular complexity index is 177.